The summed E-state index contributed by atoms with van der Waals surface area (Å²) in [5.41, 5.74) is 0.660. The van der Waals surface area contributed by atoms with Crippen LogP contribution >= 0.6 is 11.3 Å². The van der Waals surface area contributed by atoms with Crippen molar-refractivity contribution in [2.24, 2.45) is 0 Å². The fourth-order valence-electron chi connectivity index (χ4n) is 4.31. The molecule has 2 amide bonds. The molecule has 1 aromatic heterocycles. The number of ether oxygens (including phenoxy) is 2. The fourth-order valence-corrected chi connectivity index (χ4v) is 5.01. The Kier molecular flexibility index (Phi) is 7.78. The summed E-state index contributed by atoms with van der Waals surface area (Å²) in [5, 5.41) is 2.01. The number of nitrogens with zero attached hydrogens (tertiary/aromatic N) is 3. The first-order chi connectivity index (χ1) is 15.6. The van der Waals surface area contributed by atoms with Gasteiger partial charge in [0.1, 0.15) is 5.75 Å². The molecule has 0 spiro atoms. The number of benzene rings is 1. The smallest absolute Gasteiger partial charge is 0.254 e. The maximum Gasteiger partial charge on any atom is 0.254 e. The average molecular weight is 458 g/mol. The van der Waals surface area contributed by atoms with Crippen molar-refractivity contribution in [3.05, 3.63) is 52.2 Å². The summed E-state index contributed by atoms with van der Waals surface area (Å²) in [4.78, 5) is 32.9. The lowest BCUT2D eigenvalue weighted by Crippen LogP contribution is -2.50. The minimum Gasteiger partial charge on any atom is -0.497 e. The molecule has 0 saturated carbocycles. The van der Waals surface area contributed by atoms with Crippen LogP contribution in [0.15, 0.2) is 41.8 Å². The zero-order valence-corrected chi connectivity index (χ0v) is 19.4. The van der Waals surface area contributed by atoms with E-state index in [1.54, 1.807) is 24.5 Å². The van der Waals surface area contributed by atoms with Crippen molar-refractivity contribution in [3.8, 4) is 5.75 Å². The van der Waals surface area contributed by atoms with E-state index < -0.39 is 0 Å². The van der Waals surface area contributed by atoms with Crippen molar-refractivity contribution >= 4 is 23.2 Å². The van der Waals surface area contributed by atoms with Crippen LogP contribution in [0.1, 0.15) is 21.7 Å². The van der Waals surface area contributed by atoms with Crippen LogP contribution in [-0.4, -0.2) is 92.1 Å². The minimum atomic E-state index is 0.0108. The molecule has 172 valence electrons. The van der Waals surface area contributed by atoms with Gasteiger partial charge >= 0.3 is 0 Å². The summed E-state index contributed by atoms with van der Waals surface area (Å²) < 4.78 is 11.2. The maximum absolute atomic E-state index is 12.9. The van der Waals surface area contributed by atoms with Crippen LogP contribution in [0.5, 0.6) is 5.75 Å². The second-order valence-corrected chi connectivity index (χ2v) is 9.30. The predicted molar refractivity (Wildman–Crippen MR) is 124 cm³/mol. The van der Waals surface area contributed by atoms with E-state index in [1.807, 2.05) is 45.5 Å². The topological polar surface area (TPSA) is 62.3 Å². The highest BCUT2D eigenvalue weighted by Gasteiger charge is 2.27. The highest BCUT2D eigenvalue weighted by molar-refractivity contribution is 7.10. The Bertz CT molecular complexity index is 904. The Labute approximate surface area is 193 Å². The zero-order valence-electron chi connectivity index (χ0n) is 18.6. The molecule has 1 aromatic carbocycles. The SMILES string of the molecule is COc1cccc(C(=O)N2CCCN(CC3CN(C(=O)Cc4cccs4)CCO3)CC2)c1. The van der Waals surface area contributed by atoms with E-state index in [4.69, 9.17) is 9.47 Å². The molecular weight excluding hydrogens is 426 g/mol. The summed E-state index contributed by atoms with van der Waals surface area (Å²) in [6, 6.07) is 11.3. The van der Waals surface area contributed by atoms with Crippen molar-refractivity contribution in [1.29, 1.82) is 0 Å². The third-order valence-corrected chi connectivity index (χ3v) is 6.93. The lowest BCUT2D eigenvalue weighted by atomic mass is 10.2. The number of amides is 2. The number of thiophene rings is 1. The Morgan fingerprint density at radius 2 is 2.00 bits per heavy atom. The molecule has 3 heterocycles. The molecule has 0 aliphatic carbocycles. The van der Waals surface area contributed by atoms with Crippen molar-refractivity contribution in [3.63, 3.8) is 0 Å². The minimum absolute atomic E-state index is 0.0108. The van der Waals surface area contributed by atoms with Gasteiger partial charge in [0.15, 0.2) is 0 Å². The molecule has 1 unspecified atom stereocenters. The molecule has 8 heteroatoms. The first-order valence-corrected chi connectivity index (χ1v) is 12.1. The second kappa shape index (κ2) is 10.9. The normalized spacial score (nSPS) is 20.1. The molecule has 2 fully saturated rings. The van der Waals surface area contributed by atoms with Gasteiger partial charge < -0.3 is 19.3 Å². The molecule has 7 nitrogen and oxygen atoms in total. The fraction of sp³-hybridized carbons (Fsp3) is 0.500. The van der Waals surface area contributed by atoms with E-state index >= 15 is 0 Å². The number of carbonyl (C=O) groups excluding carboxylic acids is 2. The molecule has 0 N–H and O–H groups in total. The lowest BCUT2D eigenvalue weighted by Gasteiger charge is -2.35. The van der Waals surface area contributed by atoms with Crippen LogP contribution in [0.2, 0.25) is 0 Å². The first kappa shape index (κ1) is 22.8. The third kappa shape index (κ3) is 5.88. The molecule has 32 heavy (non-hydrogen) atoms. The van der Waals surface area contributed by atoms with E-state index in [2.05, 4.69) is 4.90 Å². The number of methoxy groups -OCH3 is 1. The quantitative estimate of drug-likeness (QED) is 0.667. The molecule has 1 atom stereocenters. The van der Waals surface area contributed by atoms with Gasteiger partial charge in [0.05, 0.1) is 26.2 Å². The standard InChI is InChI=1S/C24H31N3O4S/c1-30-20-6-2-5-19(15-20)24(29)26-9-4-8-25(10-11-26)17-21-18-27(12-13-31-21)23(28)16-22-7-3-14-32-22/h2-3,5-7,14-15,21H,4,8-13,16-18H2,1H3. The van der Waals surface area contributed by atoms with Crippen molar-refractivity contribution in [2.75, 3.05) is 59.5 Å². The molecule has 0 radical (unpaired) electrons. The average Bonchev–Trinajstić information content (AvgIpc) is 3.23. The van der Waals surface area contributed by atoms with E-state index in [-0.39, 0.29) is 17.9 Å². The van der Waals surface area contributed by atoms with Gasteiger partial charge in [-0.1, -0.05) is 12.1 Å². The van der Waals surface area contributed by atoms with Gasteiger partial charge in [0.2, 0.25) is 5.91 Å². The van der Waals surface area contributed by atoms with Gasteiger partial charge in [0.25, 0.3) is 5.91 Å². The van der Waals surface area contributed by atoms with Gasteiger partial charge in [-0.25, -0.2) is 0 Å². The molecule has 2 saturated heterocycles. The molecule has 4 rings (SSSR count). The van der Waals surface area contributed by atoms with Gasteiger partial charge in [0, 0.05) is 49.7 Å². The highest BCUT2D eigenvalue weighted by Crippen LogP contribution is 2.17. The monoisotopic (exact) mass is 457 g/mol. The summed E-state index contributed by atoms with van der Waals surface area (Å²) in [6.07, 6.45) is 1.40. The van der Waals surface area contributed by atoms with E-state index in [9.17, 15) is 9.59 Å². The predicted octanol–water partition coefficient (Wildman–Crippen LogP) is 2.37. The summed E-state index contributed by atoms with van der Waals surface area (Å²) >= 11 is 1.62. The van der Waals surface area contributed by atoms with Crippen LogP contribution < -0.4 is 4.74 Å². The summed E-state index contributed by atoms with van der Waals surface area (Å²) in [6.45, 7) is 5.80. The van der Waals surface area contributed by atoms with Gasteiger partial charge in [-0.05, 0) is 42.6 Å². The molecular formula is C24H31N3O4S. The molecule has 0 bridgehead atoms. The van der Waals surface area contributed by atoms with Crippen molar-refractivity contribution < 1.29 is 19.1 Å². The number of hydrogen-bond acceptors (Lipinski definition) is 6. The van der Waals surface area contributed by atoms with E-state index in [0.717, 1.165) is 37.5 Å². The lowest BCUT2D eigenvalue weighted by molar-refractivity contribution is -0.138. The van der Waals surface area contributed by atoms with Crippen LogP contribution in [0, 0.1) is 0 Å². The zero-order chi connectivity index (χ0) is 22.3. The molecule has 2 aliphatic heterocycles. The largest absolute Gasteiger partial charge is 0.497 e. The Morgan fingerprint density at radius 1 is 1.09 bits per heavy atom. The molecule has 2 aliphatic rings. The number of hydrogen-bond donors (Lipinski definition) is 0. The Balaban J connectivity index is 1.28. The van der Waals surface area contributed by atoms with E-state index in [1.165, 1.54) is 0 Å². The van der Waals surface area contributed by atoms with Gasteiger partial charge in [-0.2, -0.15) is 0 Å². The van der Waals surface area contributed by atoms with Crippen LogP contribution in [0.4, 0.5) is 0 Å². The highest BCUT2D eigenvalue weighted by atomic mass is 32.1. The molecule has 2 aromatic rings. The van der Waals surface area contributed by atoms with Gasteiger partial charge in [-0.15, -0.1) is 11.3 Å². The van der Waals surface area contributed by atoms with Crippen LogP contribution in [0.3, 0.4) is 0 Å². The summed E-state index contributed by atoms with van der Waals surface area (Å²) in [5.74, 6) is 0.914. The van der Waals surface area contributed by atoms with Crippen LogP contribution in [0.25, 0.3) is 0 Å². The number of morpholine rings is 1. The van der Waals surface area contributed by atoms with Crippen molar-refractivity contribution in [2.45, 2.75) is 18.9 Å². The number of carbonyl (C=O) groups is 2. The summed E-state index contributed by atoms with van der Waals surface area (Å²) in [7, 11) is 1.61. The van der Waals surface area contributed by atoms with E-state index in [0.29, 0.717) is 44.0 Å². The Hall–Kier alpha value is -2.42. The first-order valence-electron chi connectivity index (χ1n) is 11.2. The third-order valence-electron chi connectivity index (χ3n) is 6.05. The number of rotatable bonds is 6. The van der Waals surface area contributed by atoms with Crippen LogP contribution in [-0.2, 0) is 16.0 Å². The maximum atomic E-state index is 12.9. The van der Waals surface area contributed by atoms with Gasteiger partial charge in [-0.3, -0.25) is 14.5 Å². The second-order valence-electron chi connectivity index (χ2n) is 8.27. The Morgan fingerprint density at radius 3 is 2.81 bits per heavy atom. The van der Waals surface area contributed by atoms with Crippen molar-refractivity contribution in [1.82, 2.24) is 14.7 Å².